The van der Waals surface area contributed by atoms with Gasteiger partial charge in [0.2, 0.25) is 0 Å². The molecule has 8 atom stereocenters. The Morgan fingerprint density at radius 2 is 0.967 bits per heavy atom. The van der Waals surface area contributed by atoms with Gasteiger partial charge in [-0.1, -0.05) is 136 Å². The van der Waals surface area contributed by atoms with Gasteiger partial charge in [0.1, 0.15) is 43.2 Å². The lowest BCUT2D eigenvalue weighted by molar-refractivity contribution is -0.220. The number of ether oxygens (including phenoxy) is 2. The Morgan fingerprint density at radius 1 is 0.525 bits per heavy atom. The van der Waals surface area contributed by atoms with Crippen molar-refractivity contribution >= 4 is 19.8 Å². The summed E-state index contributed by atoms with van der Waals surface area (Å²) in [6.07, 6.45) is 35.8. The van der Waals surface area contributed by atoms with Crippen LogP contribution in [0.2, 0.25) is 0 Å². The maximum atomic E-state index is 12.8. The molecular formula is C47H73O13P. The Kier molecular flexibility index (Phi) is 32.8. The molecule has 0 spiro atoms. The first-order valence-electron chi connectivity index (χ1n) is 21.7. The number of hydrogen-bond acceptors (Lipinski definition) is 12. The van der Waals surface area contributed by atoms with E-state index in [0.29, 0.717) is 12.8 Å². The van der Waals surface area contributed by atoms with Gasteiger partial charge >= 0.3 is 19.8 Å². The zero-order valence-corrected chi connectivity index (χ0v) is 37.0. The number of phosphoric acid groups is 1. The van der Waals surface area contributed by atoms with Crippen molar-refractivity contribution < 1.29 is 63.1 Å². The van der Waals surface area contributed by atoms with E-state index < -0.39 is 75.7 Å². The van der Waals surface area contributed by atoms with Crippen LogP contribution in [0.25, 0.3) is 0 Å². The van der Waals surface area contributed by atoms with Gasteiger partial charge in [0.05, 0.1) is 6.61 Å². The Labute approximate surface area is 363 Å². The molecule has 14 heteroatoms. The van der Waals surface area contributed by atoms with E-state index in [1.54, 1.807) is 0 Å². The molecule has 0 radical (unpaired) electrons. The van der Waals surface area contributed by atoms with Gasteiger partial charge < -0.3 is 39.9 Å². The predicted molar refractivity (Wildman–Crippen MR) is 239 cm³/mol. The maximum Gasteiger partial charge on any atom is 0.472 e. The molecule has 344 valence electrons. The van der Waals surface area contributed by atoms with Crippen molar-refractivity contribution in [3.8, 4) is 0 Å². The van der Waals surface area contributed by atoms with Crippen LogP contribution in [0.3, 0.4) is 0 Å². The molecule has 1 aliphatic rings. The highest BCUT2D eigenvalue weighted by Crippen LogP contribution is 2.47. The minimum atomic E-state index is -5.14. The molecule has 6 N–H and O–H groups in total. The largest absolute Gasteiger partial charge is 0.472 e. The standard InChI is InChI=1S/C47H73O13P/c1-3-5-7-9-11-13-15-17-18-19-20-21-22-24-25-27-29-31-33-35-40(48)57-37-39(38-58-61(55,56)60-47-45(53)43(51)42(50)44(52)46(47)54)59-41(49)36-34-32-30-28-26-23-16-14-12-10-8-6-4-2/h5-8,10-14,16-18,20-21,23-26,39,42-47,50-54H,3-4,9,15,19,22,27-38H2,1-2H3,(H,55,56)/b7-5+,8-6+,12-10+,13-11+,16-14+,18-17+,21-20+,25-24+,26-23+/t39?,42?,43-,44?,45?,46?,47?/m0/s1. The van der Waals surface area contributed by atoms with Crippen LogP contribution in [0, 0.1) is 0 Å². The molecule has 0 aromatic carbocycles. The molecular weight excluding hydrogens is 803 g/mol. The summed E-state index contributed by atoms with van der Waals surface area (Å²) in [7, 11) is -5.14. The highest BCUT2D eigenvalue weighted by molar-refractivity contribution is 7.47. The highest BCUT2D eigenvalue weighted by atomic mass is 31.2. The number of allylic oxidation sites excluding steroid dienone is 18. The van der Waals surface area contributed by atoms with Gasteiger partial charge in [-0.15, -0.1) is 0 Å². The van der Waals surface area contributed by atoms with E-state index in [9.17, 15) is 44.6 Å². The summed E-state index contributed by atoms with van der Waals surface area (Å²) in [4.78, 5) is 35.6. The molecule has 0 aliphatic heterocycles. The second-order valence-electron chi connectivity index (χ2n) is 14.5. The number of phosphoric ester groups is 1. The van der Waals surface area contributed by atoms with E-state index in [4.69, 9.17) is 18.5 Å². The average molecular weight is 877 g/mol. The number of esters is 2. The molecule has 7 unspecified atom stereocenters. The highest BCUT2D eigenvalue weighted by Gasteiger charge is 2.51. The molecule has 0 bridgehead atoms. The summed E-state index contributed by atoms with van der Waals surface area (Å²) in [6, 6.07) is 0. The lowest BCUT2D eigenvalue weighted by Gasteiger charge is -2.41. The Hall–Kier alpha value is -3.49. The Balaban J connectivity index is 2.53. The van der Waals surface area contributed by atoms with E-state index in [1.165, 1.54) is 0 Å². The SMILES string of the molecule is CC/C=C/C=C/C=C/C=C/CCCCCC(=O)OC(COC(=O)CCCCC/C=C/C/C=C/C/C=C/C/C=C/C/C=C/CC)COP(=O)(O)OC1C(O)C(O)C(O)[C@H](O)C1O. The third-order valence-electron chi connectivity index (χ3n) is 9.20. The van der Waals surface area contributed by atoms with Crippen molar-refractivity contribution in [3.63, 3.8) is 0 Å². The van der Waals surface area contributed by atoms with Gasteiger partial charge in [-0.3, -0.25) is 18.6 Å². The molecule has 13 nitrogen and oxygen atoms in total. The average Bonchev–Trinajstić information content (AvgIpc) is 3.24. The van der Waals surface area contributed by atoms with E-state index in [2.05, 4.69) is 80.7 Å². The molecule has 0 heterocycles. The van der Waals surface area contributed by atoms with Gasteiger partial charge in [0.25, 0.3) is 0 Å². The fraction of sp³-hybridized carbons (Fsp3) is 0.574. The monoisotopic (exact) mass is 876 g/mol. The Bertz CT molecular complexity index is 1480. The summed E-state index contributed by atoms with van der Waals surface area (Å²) in [6.45, 7) is 2.95. The molecule has 1 aliphatic carbocycles. The van der Waals surface area contributed by atoms with Crippen molar-refractivity contribution in [2.45, 2.75) is 159 Å². The van der Waals surface area contributed by atoms with Crippen LogP contribution < -0.4 is 0 Å². The first-order chi connectivity index (χ1) is 29.4. The second-order valence-corrected chi connectivity index (χ2v) is 15.9. The number of aliphatic hydroxyl groups is 5. The first kappa shape index (κ1) is 55.5. The molecule has 0 aromatic heterocycles. The van der Waals surface area contributed by atoms with Crippen molar-refractivity contribution in [3.05, 3.63) is 109 Å². The van der Waals surface area contributed by atoms with Crippen LogP contribution in [0.5, 0.6) is 0 Å². The third-order valence-corrected chi connectivity index (χ3v) is 10.2. The van der Waals surface area contributed by atoms with Gasteiger partial charge in [-0.2, -0.15) is 0 Å². The summed E-state index contributed by atoms with van der Waals surface area (Å²) in [5.74, 6) is -1.20. The van der Waals surface area contributed by atoms with Crippen molar-refractivity contribution in [1.29, 1.82) is 0 Å². The summed E-state index contributed by atoms with van der Waals surface area (Å²) in [5.41, 5.74) is 0. The first-order valence-corrected chi connectivity index (χ1v) is 23.2. The zero-order chi connectivity index (χ0) is 45.0. The van der Waals surface area contributed by atoms with Crippen LogP contribution in [0.4, 0.5) is 0 Å². The summed E-state index contributed by atoms with van der Waals surface area (Å²) in [5, 5.41) is 50.1. The minimum absolute atomic E-state index is 0.0356. The quantitative estimate of drug-likeness (QED) is 0.0121. The molecule has 0 saturated heterocycles. The second kappa shape index (κ2) is 36.0. The van der Waals surface area contributed by atoms with Gasteiger partial charge in [-0.25, -0.2) is 4.57 Å². The fourth-order valence-corrected chi connectivity index (χ4v) is 6.71. The van der Waals surface area contributed by atoms with Crippen LogP contribution in [-0.4, -0.2) is 98.3 Å². The Morgan fingerprint density at radius 3 is 1.51 bits per heavy atom. The number of carbonyl (C=O) groups excluding carboxylic acids is 2. The number of carbonyl (C=O) groups is 2. The molecule has 0 amide bonds. The molecule has 1 rings (SSSR count). The normalized spacial score (nSPS) is 23.1. The number of hydrogen-bond donors (Lipinski definition) is 6. The van der Waals surface area contributed by atoms with Gasteiger partial charge in [0, 0.05) is 12.8 Å². The molecule has 0 aromatic rings. The van der Waals surface area contributed by atoms with Crippen molar-refractivity contribution in [1.82, 2.24) is 0 Å². The topological polar surface area (TPSA) is 210 Å². The predicted octanol–water partition coefficient (Wildman–Crippen LogP) is 8.05. The lowest BCUT2D eigenvalue weighted by atomic mass is 9.85. The third kappa shape index (κ3) is 28.7. The zero-order valence-electron chi connectivity index (χ0n) is 36.1. The van der Waals surface area contributed by atoms with Crippen molar-refractivity contribution in [2.24, 2.45) is 0 Å². The fourth-order valence-electron chi connectivity index (χ4n) is 5.73. The maximum absolute atomic E-state index is 12.8. The molecule has 1 saturated carbocycles. The molecule has 1 fully saturated rings. The number of aliphatic hydroxyl groups excluding tert-OH is 5. The summed E-state index contributed by atoms with van der Waals surface area (Å²) >= 11 is 0. The van der Waals surface area contributed by atoms with Crippen LogP contribution in [0.15, 0.2) is 109 Å². The number of unbranched alkanes of at least 4 members (excludes halogenated alkanes) is 6. The van der Waals surface area contributed by atoms with Crippen LogP contribution in [-0.2, 0) is 32.7 Å². The molecule has 61 heavy (non-hydrogen) atoms. The van der Waals surface area contributed by atoms with E-state index in [1.807, 2.05) is 42.5 Å². The van der Waals surface area contributed by atoms with Gasteiger partial charge in [-0.05, 0) is 77.0 Å². The number of rotatable bonds is 33. The van der Waals surface area contributed by atoms with Crippen molar-refractivity contribution in [2.75, 3.05) is 13.2 Å². The van der Waals surface area contributed by atoms with Crippen LogP contribution in [0.1, 0.15) is 117 Å². The van der Waals surface area contributed by atoms with E-state index in [0.717, 1.165) is 77.0 Å². The van der Waals surface area contributed by atoms with Gasteiger partial charge in [0.15, 0.2) is 6.10 Å². The van der Waals surface area contributed by atoms with E-state index >= 15 is 0 Å². The van der Waals surface area contributed by atoms with E-state index in [-0.39, 0.29) is 12.8 Å². The van der Waals surface area contributed by atoms with Crippen LogP contribution >= 0.6 is 7.82 Å². The lowest BCUT2D eigenvalue weighted by Crippen LogP contribution is -2.64. The minimum Gasteiger partial charge on any atom is -0.462 e. The summed E-state index contributed by atoms with van der Waals surface area (Å²) < 4.78 is 33.4. The smallest absolute Gasteiger partial charge is 0.462 e.